The average molecular weight is 971 g/mol. The van der Waals surface area contributed by atoms with E-state index in [1.807, 2.05) is 0 Å². The van der Waals surface area contributed by atoms with Crippen LogP contribution in [0, 0.1) is 0 Å². The second-order valence-corrected chi connectivity index (χ2v) is 23.0. The van der Waals surface area contributed by atoms with Crippen molar-refractivity contribution in [1.82, 2.24) is 98.0 Å². The fourth-order valence-corrected chi connectivity index (χ4v) is 17.1. The van der Waals surface area contributed by atoms with Gasteiger partial charge in [-0.15, -0.1) is 0 Å². The Morgan fingerprint density at radius 1 is 0.171 bits per heavy atom. The second kappa shape index (κ2) is 9.75. The summed E-state index contributed by atoms with van der Waals surface area (Å²) >= 11 is 0. The van der Waals surface area contributed by atoms with Crippen molar-refractivity contribution in [3.8, 4) is 0 Å². The molecule has 15 heterocycles. The molecule has 0 saturated carbocycles. The number of amides is 20. The lowest BCUT2D eigenvalue weighted by molar-refractivity contribution is -0.153. The van der Waals surface area contributed by atoms with Gasteiger partial charge in [0.2, 0.25) is 0 Å². The molecule has 0 N–H and O–H groups in total. The fraction of sp³-hybridized carbons (Fsp3) is 0.750. The van der Waals surface area contributed by atoms with Gasteiger partial charge in [-0.05, 0) is 69.2 Å². The van der Waals surface area contributed by atoms with E-state index in [1.165, 1.54) is 98.0 Å². The van der Waals surface area contributed by atoms with Crippen LogP contribution in [0.3, 0.4) is 0 Å². The van der Waals surface area contributed by atoms with Crippen LogP contribution in [-0.4, -0.2) is 282 Å². The molecule has 70 heavy (non-hydrogen) atoms. The Labute approximate surface area is 398 Å². The SMILES string of the molecule is CC12N3CN4C(=O)N5CN6C(=O)N7CN8C(=O)N9CN%10C(=O)N%11CN(C3=O)C1(C)N1CN3C(=O)N(CN%12C(=O)N(CN%13C(=O)N(CN%14C(=O)N(CN2C1=O)C4(C)C5%14C)C6(C)C7%13C)C8(C)C9%12C)C%10(C)C%113C. The lowest BCUT2D eigenvalue weighted by Gasteiger charge is -2.54. The predicted octanol–water partition coefficient (Wildman–Crippen LogP) is -0.819. The summed E-state index contributed by atoms with van der Waals surface area (Å²) in [7, 11) is 0. The molecular weight excluding hydrogens is 921 g/mol. The van der Waals surface area contributed by atoms with E-state index in [9.17, 15) is 0 Å². The van der Waals surface area contributed by atoms with Gasteiger partial charge in [0.1, 0.15) is 66.7 Å². The van der Waals surface area contributed by atoms with Crippen LogP contribution in [0.2, 0.25) is 0 Å². The van der Waals surface area contributed by atoms with Crippen molar-refractivity contribution in [3.63, 3.8) is 0 Å². The average Bonchev–Trinajstić information content (AvgIpc) is 3.96. The lowest BCUT2D eigenvalue weighted by Crippen LogP contribution is -2.75. The molecule has 0 spiro atoms. The molecule has 15 rings (SSSR count). The van der Waals surface area contributed by atoms with Gasteiger partial charge in [0.05, 0.1) is 0 Å². The smallest absolute Gasteiger partial charge is 0.279 e. The molecule has 15 saturated heterocycles. The topological polar surface area (TPSA) is 236 Å². The Hall–Kier alpha value is -7.30. The standard InChI is InChI=1S/C40H50N20O10/c1-31-32(2)43-13-47-25(65)51-17-55-29(69)59-19-57-27(67)53-15-49-23(63)45(11-41(31)21(43)61)33(3)34(49,4)50-16-54-28(68)58(38(57,8)37(53,54)7)20-60-30(70)56(39(55,9)40(59,60)10)18-52-26(66)48(35(47,5)36(51,52)6)14-44(32)22(62)42(31)12-46(33)24(50)64/h11-20H2,1-10H3. The Morgan fingerprint density at radius 3 is 0.286 bits per heavy atom. The Morgan fingerprint density at radius 2 is 0.229 bits per heavy atom. The van der Waals surface area contributed by atoms with Gasteiger partial charge in [0.15, 0.2) is 56.6 Å². The van der Waals surface area contributed by atoms with Gasteiger partial charge in [0, 0.05) is 0 Å². The highest BCUT2D eigenvalue weighted by molar-refractivity contribution is 5.97. The first-order valence-electron chi connectivity index (χ1n) is 23.6. The molecule has 0 radical (unpaired) electrons. The summed E-state index contributed by atoms with van der Waals surface area (Å²) in [5, 5.41) is 0. The Kier molecular flexibility index (Phi) is 5.51. The maximum absolute atomic E-state index is 15.8. The van der Waals surface area contributed by atoms with Crippen molar-refractivity contribution < 1.29 is 47.9 Å². The zero-order valence-corrected chi connectivity index (χ0v) is 40.1. The second-order valence-electron chi connectivity index (χ2n) is 23.0. The molecule has 15 aliphatic heterocycles. The minimum absolute atomic E-state index is 0.474. The quantitative estimate of drug-likeness (QED) is 0.293. The summed E-state index contributed by atoms with van der Waals surface area (Å²) in [5.74, 6) is 0. The molecule has 15 aliphatic rings. The van der Waals surface area contributed by atoms with E-state index in [0.717, 1.165) is 0 Å². The maximum Gasteiger partial charge on any atom is 0.326 e. The van der Waals surface area contributed by atoms with Crippen molar-refractivity contribution in [2.24, 2.45) is 0 Å². The van der Waals surface area contributed by atoms with Crippen LogP contribution in [0.15, 0.2) is 0 Å². The van der Waals surface area contributed by atoms with E-state index in [1.54, 1.807) is 69.2 Å². The van der Waals surface area contributed by atoms with Gasteiger partial charge in [0.25, 0.3) is 0 Å². The van der Waals surface area contributed by atoms with E-state index >= 15 is 47.9 Å². The zero-order valence-electron chi connectivity index (χ0n) is 40.1. The number of urea groups is 10. The summed E-state index contributed by atoms with van der Waals surface area (Å²) in [6, 6.07) is -6.57. The minimum atomic E-state index is -1.71. The molecule has 0 atom stereocenters. The van der Waals surface area contributed by atoms with E-state index in [0.29, 0.717) is 0 Å². The summed E-state index contributed by atoms with van der Waals surface area (Å²) in [6.07, 6.45) is 0. The molecule has 15 fully saturated rings. The van der Waals surface area contributed by atoms with Gasteiger partial charge in [-0.25, -0.2) is 47.9 Å². The highest BCUT2D eigenvalue weighted by Gasteiger charge is 2.88. The first kappa shape index (κ1) is 39.5. The molecule has 30 heteroatoms. The molecule has 0 aliphatic carbocycles. The van der Waals surface area contributed by atoms with Crippen LogP contribution in [0.1, 0.15) is 69.2 Å². The highest BCUT2D eigenvalue weighted by atomic mass is 16.3. The fourth-order valence-electron chi connectivity index (χ4n) is 17.1. The largest absolute Gasteiger partial charge is 0.326 e. The first-order valence-corrected chi connectivity index (χ1v) is 23.6. The third-order valence-electron chi connectivity index (χ3n) is 22.4. The molecule has 0 aromatic carbocycles. The van der Waals surface area contributed by atoms with Gasteiger partial charge in [-0.1, -0.05) is 0 Å². The van der Waals surface area contributed by atoms with Crippen molar-refractivity contribution >= 4 is 60.3 Å². The molecule has 0 unspecified atom stereocenters. The molecule has 20 amide bonds. The number of hydrogen-bond donors (Lipinski definition) is 0. The van der Waals surface area contributed by atoms with Crippen molar-refractivity contribution in [3.05, 3.63) is 0 Å². The summed E-state index contributed by atoms with van der Waals surface area (Å²) in [5.41, 5.74) is -17.1. The number of carbonyl (C=O) groups is 10. The predicted molar refractivity (Wildman–Crippen MR) is 223 cm³/mol. The van der Waals surface area contributed by atoms with Crippen molar-refractivity contribution in [2.45, 2.75) is 126 Å². The Balaban J connectivity index is 1.02. The molecule has 0 aromatic rings. The van der Waals surface area contributed by atoms with Gasteiger partial charge >= 0.3 is 60.3 Å². The van der Waals surface area contributed by atoms with E-state index in [-0.39, 0.29) is 0 Å². The van der Waals surface area contributed by atoms with Crippen LogP contribution in [0.25, 0.3) is 0 Å². The number of carbonyl (C=O) groups excluding carboxylic acids is 10. The van der Waals surface area contributed by atoms with E-state index in [2.05, 4.69) is 0 Å². The summed E-state index contributed by atoms with van der Waals surface area (Å²) < 4.78 is 0. The van der Waals surface area contributed by atoms with Crippen LogP contribution in [0.4, 0.5) is 47.9 Å². The molecule has 0 bridgehead atoms. The molecule has 370 valence electrons. The first-order chi connectivity index (χ1) is 32.6. The van der Waals surface area contributed by atoms with Gasteiger partial charge in [-0.3, -0.25) is 98.0 Å². The van der Waals surface area contributed by atoms with Crippen molar-refractivity contribution in [1.29, 1.82) is 0 Å². The maximum atomic E-state index is 15.8. The Bertz CT molecular complexity index is 2160. The number of hydrogen-bond acceptors (Lipinski definition) is 10. The van der Waals surface area contributed by atoms with Crippen LogP contribution in [0.5, 0.6) is 0 Å². The van der Waals surface area contributed by atoms with E-state index in [4.69, 9.17) is 0 Å². The lowest BCUT2D eigenvalue weighted by atomic mass is 9.91. The molecule has 30 nitrogen and oxygen atoms in total. The van der Waals surface area contributed by atoms with Crippen LogP contribution in [-0.2, 0) is 0 Å². The highest BCUT2D eigenvalue weighted by Crippen LogP contribution is 2.65. The summed E-state index contributed by atoms with van der Waals surface area (Å²) in [4.78, 5) is 186. The van der Waals surface area contributed by atoms with Crippen LogP contribution < -0.4 is 0 Å². The van der Waals surface area contributed by atoms with E-state index < -0.39 is 184 Å². The monoisotopic (exact) mass is 970 g/mol. The normalized spacial score (nSPS) is 47.0. The zero-order chi connectivity index (χ0) is 49.4. The van der Waals surface area contributed by atoms with Crippen LogP contribution >= 0.6 is 0 Å². The third kappa shape index (κ3) is 2.81. The molecule has 0 aromatic heterocycles. The summed E-state index contributed by atoms with van der Waals surface area (Å²) in [6.45, 7) is 12.0. The number of rotatable bonds is 0. The minimum Gasteiger partial charge on any atom is -0.279 e. The van der Waals surface area contributed by atoms with Gasteiger partial charge in [-0.2, -0.15) is 0 Å². The van der Waals surface area contributed by atoms with Crippen molar-refractivity contribution in [2.75, 3.05) is 66.7 Å². The molecular formula is C40H50N20O10. The number of nitrogens with zero attached hydrogens (tertiary/aromatic N) is 20. The van der Waals surface area contributed by atoms with Gasteiger partial charge < -0.3 is 0 Å². The third-order valence-corrected chi connectivity index (χ3v) is 22.4.